The Bertz CT molecular complexity index is 623. The molecule has 0 atom stereocenters. The van der Waals surface area contributed by atoms with E-state index in [-0.39, 0.29) is 10.8 Å². The van der Waals surface area contributed by atoms with Crippen LogP contribution in [-0.2, 0) is 10.0 Å². The molecule has 0 radical (unpaired) electrons. The lowest BCUT2D eigenvalue weighted by atomic mass is 10.1. The zero-order valence-electron chi connectivity index (χ0n) is 11.7. The first-order chi connectivity index (χ1) is 9.88. The predicted octanol–water partition coefficient (Wildman–Crippen LogP) is 2.50. The van der Waals surface area contributed by atoms with Crippen LogP contribution >= 0.6 is 15.9 Å². The van der Waals surface area contributed by atoms with Crippen molar-refractivity contribution < 1.29 is 13.2 Å². The summed E-state index contributed by atoms with van der Waals surface area (Å²) in [7, 11) is -3.83. The second-order valence-electron chi connectivity index (χ2n) is 5.28. The third-order valence-corrected chi connectivity index (χ3v) is 4.94. The summed E-state index contributed by atoms with van der Waals surface area (Å²) < 4.78 is 23.5. The second-order valence-corrected chi connectivity index (χ2v) is 7.76. The van der Waals surface area contributed by atoms with Crippen LogP contribution in [-0.4, -0.2) is 32.3 Å². The van der Waals surface area contributed by atoms with Gasteiger partial charge in [0.05, 0.1) is 4.90 Å². The molecule has 0 saturated carbocycles. The van der Waals surface area contributed by atoms with Crippen molar-refractivity contribution in [1.82, 2.24) is 4.90 Å². The van der Waals surface area contributed by atoms with Crippen molar-refractivity contribution in [2.75, 3.05) is 13.1 Å². The minimum absolute atomic E-state index is 0.0488. The monoisotopic (exact) mass is 374 g/mol. The van der Waals surface area contributed by atoms with Gasteiger partial charge in [0.1, 0.15) is 0 Å². The fraction of sp³-hybridized carbons (Fsp3) is 0.500. The summed E-state index contributed by atoms with van der Waals surface area (Å²) in [6.07, 6.45) is 5.45. The Labute approximate surface area is 133 Å². The van der Waals surface area contributed by atoms with E-state index in [9.17, 15) is 13.2 Å². The summed E-state index contributed by atoms with van der Waals surface area (Å²) in [5.74, 6) is -0.136. The Morgan fingerprint density at radius 3 is 2.19 bits per heavy atom. The molecule has 1 aliphatic rings. The number of sulfonamides is 1. The van der Waals surface area contributed by atoms with E-state index in [0.29, 0.717) is 10.0 Å². The molecule has 1 aromatic carbocycles. The highest BCUT2D eigenvalue weighted by Crippen LogP contribution is 2.21. The zero-order chi connectivity index (χ0) is 15.5. The second kappa shape index (κ2) is 6.89. The van der Waals surface area contributed by atoms with Gasteiger partial charge < -0.3 is 4.90 Å². The number of carbonyl (C=O) groups is 1. The molecule has 0 unspecified atom stereocenters. The van der Waals surface area contributed by atoms with Crippen LogP contribution < -0.4 is 5.14 Å². The van der Waals surface area contributed by atoms with E-state index < -0.39 is 10.0 Å². The summed E-state index contributed by atoms with van der Waals surface area (Å²) in [4.78, 5) is 14.3. The number of carbonyl (C=O) groups excluding carboxylic acids is 1. The van der Waals surface area contributed by atoms with Gasteiger partial charge in [-0.1, -0.05) is 35.2 Å². The number of nitrogens with zero attached hydrogens (tertiary/aromatic N) is 1. The summed E-state index contributed by atoms with van der Waals surface area (Å²) in [6, 6.07) is 4.39. The van der Waals surface area contributed by atoms with Crippen molar-refractivity contribution in [3.63, 3.8) is 0 Å². The molecule has 1 saturated heterocycles. The van der Waals surface area contributed by atoms with Gasteiger partial charge >= 0.3 is 0 Å². The number of rotatable bonds is 2. The average molecular weight is 375 g/mol. The minimum Gasteiger partial charge on any atom is -0.339 e. The molecule has 5 nitrogen and oxygen atoms in total. The standard InChI is InChI=1S/C14H19BrN2O3S/c15-12-8-11(9-13(10-12)21(16,19)20)14(18)17-6-4-2-1-3-5-7-17/h8-10H,1-7H2,(H2,16,19,20). The highest BCUT2D eigenvalue weighted by molar-refractivity contribution is 9.10. The van der Waals surface area contributed by atoms with Crippen molar-refractivity contribution in [1.29, 1.82) is 0 Å². The highest BCUT2D eigenvalue weighted by Gasteiger charge is 2.19. The van der Waals surface area contributed by atoms with Crippen LogP contribution in [0, 0.1) is 0 Å². The van der Waals surface area contributed by atoms with E-state index in [4.69, 9.17) is 5.14 Å². The molecule has 1 aliphatic heterocycles. The van der Waals surface area contributed by atoms with Crippen molar-refractivity contribution in [2.45, 2.75) is 37.0 Å². The van der Waals surface area contributed by atoms with E-state index in [0.717, 1.165) is 38.8 Å². The molecule has 116 valence electrons. The summed E-state index contributed by atoms with van der Waals surface area (Å²) in [5, 5.41) is 5.15. The topological polar surface area (TPSA) is 80.5 Å². The van der Waals surface area contributed by atoms with Crippen LogP contribution in [0.2, 0.25) is 0 Å². The lowest BCUT2D eigenvalue weighted by Gasteiger charge is -2.25. The number of benzene rings is 1. The van der Waals surface area contributed by atoms with Crippen molar-refractivity contribution in [2.24, 2.45) is 5.14 Å². The van der Waals surface area contributed by atoms with Gasteiger partial charge in [0, 0.05) is 23.1 Å². The van der Waals surface area contributed by atoms with Gasteiger partial charge in [0.25, 0.3) is 5.91 Å². The first-order valence-electron chi connectivity index (χ1n) is 7.00. The molecule has 1 heterocycles. The van der Waals surface area contributed by atoms with Crippen LogP contribution in [0.25, 0.3) is 0 Å². The molecule has 0 spiro atoms. The van der Waals surface area contributed by atoms with E-state index in [1.807, 2.05) is 0 Å². The fourth-order valence-corrected chi connectivity index (χ4v) is 3.71. The number of halogens is 1. The number of hydrogen-bond donors (Lipinski definition) is 1. The summed E-state index contributed by atoms with van der Waals surface area (Å²) in [6.45, 7) is 1.44. The van der Waals surface area contributed by atoms with Gasteiger partial charge in [-0.2, -0.15) is 0 Å². The SMILES string of the molecule is NS(=O)(=O)c1cc(Br)cc(C(=O)N2CCCCCCC2)c1. The smallest absolute Gasteiger partial charge is 0.253 e. The van der Waals surface area contributed by atoms with Crippen molar-refractivity contribution >= 4 is 31.9 Å². The lowest BCUT2D eigenvalue weighted by molar-refractivity contribution is 0.0742. The van der Waals surface area contributed by atoms with Crippen LogP contribution in [0.1, 0.15) is 42.5 Å². The highest BCUT2D eigenvalue weighted by atomic mass is 79.9. The molecule has 0 bridgehead atoms. The first kappa shape index (κ1) is 16.5. The fourth-order valence-electron chi connectivity index (χ4n) is 2.48. The van der Waals surface area contributed by atoms with Gasteiger partial charge in [0.2, 0.25) is 10.0 Å². The van der Waals surface area contributed by atoms with Gasteiger partial charge in [-0.3, -0.25) is 4.79 Å². The number of hydrogen-bond acceptors (Lipinski definition) is 3. The van der Waals surface area contributed by atoms with Crippen LogP contribution in [0.5, 0.6) is 0 Å². The molecule has 1 amide bonds. The Morgan fingerprint density at radius 2 is 1.62 bits per heavy atom. The normalized spacial score (nSPS) is 17.1. The van der Waals surface area contributed by atoms with Gasteiger partial charge in [0.15, 0.2) is 0 Å². The third-order valence-electron chi connectivity index (χ3n) is 3.59. The molecule has 1 aromatic rings. The Hall–Kier alpha value is -0.920. The zero-order valence-corrected chi connectivity index (χ0v) is 14.1. The minimum atomic E-state index is -3.83. The first-order valence-corrected chi connectivity index (χ1v) is 9.34. The Morgan fingerprint density at radius 1 is 1.05 bits per heavy atom. The average Bonchev–Trinajstić information content (AvgIpc) is 2.36. The van der Waals surface area contributed by atoms with Crippen molar-refractivity contribution in [3.05, 3.63) is 28.2 Å². The lowest BCUT2D eigenvalue weighted by Crippen LogP contribution is -2.34. The van der Waals surface area contributed by atoms with Gasteiger partial charge in [-0.05, 0) is 31.0 Å². The molecule has 0 aliphatic carbocycles. The quantitative estimate of drug-likeness (QED) is 0.863. The van der Waals surface area contributed by atoms with Crippen LogP contribution in [0.3, 0.4) is 0 Å². The number of nitrogens with two attached hydrogens (primary N) is 1. The van der Waals surface area contributed by atoms with Crippen LogP contribution in [0.15, 0.2) is 27.6 Å². The van der Waals surface area contributed by atoms with Crippen molar-refractivity contribution in [3.8, 4) is 0 Å². The summed E-state index contributed by atoms with van der Waals surface area (Å²) in [5.41, 5.74) is 0.356. The molecule has 2 N–H and O–H groups in total. The summed E-state index contributed by atoms with van der Waals surface area (Å²) >= 11 is 3.23. The van der Waals surface area contributed by atoms with E-state index in [2.05, 4.69) is 15.9 Å². The maximum atomic E-state index is 12.6. The maximum absolute atomic E-state index is 12.6. The van der Waals surface area contributed by atoms with E-state index >= 15 is 0 Å². The van der Waals surface area contributed by atoms with E-state index in [1.54, 1.807) is 11.0 Å². The van der Waals surface area contributed by atoms with Gasteiger partial charge in [-0.25, -0.2) is 13.6 Å². The molecule has 0 aromatic heterocycles. The molecule has 21 heavy (non-hydrogen) atoms. The van der Waals surface area contributed by atoms with Crippen LogP contribution in [0.4, 0.5) is 0 Å². The maximum Gasteiger partial charge on any atom is 0.253 e. The Kier molecular flexibility index (Phi) is 5.40. The number of likely N-dealkylation sites (tertiary alicyclic amines) is 1. The molecule has 1 fully saturated rings. The Balaban J connectivity index is 2.27. The molecule has 7 heteroatoms. The molecular weight excluding hydrogens is 356 g/mol. The third kappa shape index (κ3) is 4.52. The predicted molar refractivity (Wildman–Crippen MR) is 84.5 cm³/mol. The largest absolute Gasteiger partial charge is 0.339 e. The number of amides is 1. The van der Waals surface area contributed by atoms with Gasteiger partial charge in [-0.15, -0.1) is 0 Å². The molecular formula is C14H19BrN2O3S. The molecule has 2 rings (SSSR count). The number of primary sulfonamides is 1. The van der Waals surface area contributed by atoms with E-state index in [1.165, 1.54) is 18.6 Å².